The zero-order chi connectivity index (χ0) is 13.5. The molecule has 18 heavy (non-hydrogen) atoms. The van der Waals surface area contributed by atoms with Crippen LogP contribution in [-0.4, -0.2) is 23.8 Å². The van der Waals surface area contributed by atoms with Crippen LogP contribution in [0, 0.1) is 0 Å². The quantitative estimate of drug-likeness (QED) is 0.239. The van der Waals surface area contributed by atoms with E-state index < -0.39 is 5.91 Å². The van der Waals surface area contributed by atoms with Gasteiger partial charge in [-0.15, -0.1) is 11.8 Å². The number of amides is 2. The van der Waals surface area contributed by atoms with Gasteiger partial charge < -0.3 is 0 Å². The van der Waals surface area contributed by atoms with E-state index >= 15 is 0 Å². The van der Waals surface area contributed by atoms with Crippen molar-refractivity contribution in [3.63, 3.8) is 0 Å². The molecule has 0 spiro atoms. The second-order valence-corrected chi connectivity index (χ2v) is 4.21. The van der Waals surface area contributed by atoms with Gasteiger partial charge in [-0.25, -0.2) is 11.3 Å². The van der Waals surface area contributed by atoms with Crippen molar-refractivity contribution in [3.8, 4) is 0 Å². The van der Waals surface area contributed by atoms with Crippen LogP contribution in [0.2, 0.25) is 0 Å². The summed E-state index contributed by atoms with van der Waals surface area (Å²) in [6.45, 7) is 1.30. The molecular weight excluding hydrogens is 252 g/mol. The first-order valence-corrected chi connectivity index (χ1v) is 6.30. The number of nitrogens with one attached hydrogen (secondary N) is 2. The van der Waals surface area contributed by atoms with Crippen LogP contribution in [0.1, 0.15) is 12.5 Å². The smallest absolute Gasteiger partial charge is 0.286 e. The second kappa shape index (κ2) is 6.77. The lowest BCUT2D eigenvalue weighted by molar-refractivity contribution is -0.118. The van der Waals surface area contributed by atoms with Crippen molar-refractivity contribution in [1.29, 1.82) is 0 Å². The lowest BCUT2D eigenvalue weighted by Gasteiger charge is -2.06. The van der Waals surface area contributed by atoms with Gasteiger partial charge in [-0.2, -0.15) is 5.10 Å². The van der Waals surface area contributed by atoms with E-state index in [1.54, 1.807) is 23.9 Å². The molecule has 0 unspecified atom stereocenters. The van der Waals surface area contributed by atoms with Gasteiger partial charge in [0.05, 0.1) is 0 Å². The number of hydrogen-bond acceptors (Lipinski definition) is 5. The molecule has 6 nitrogen and oxygen atoms in total. The van der Waals surface area contributed by atoms with Crippen LogP contribution in [0.25, 0.3) is 0 Å². The fraction of sp³-hybridized carbons (Fsp3) is 0.182. The molecule has 0 radical (unpaired) electrons. The van der Waals surface area contributed by atoms with Crippen LogP contribution in [0.15, 0.2) is 34.3 Å². The molecule has 0 aromatic heterocycles. The molecule has 96 valence electrons. The van der Waals surface area contributed by atoms with E-state index in [1.165, 1.54) is 6.92 Å². The molecule has 1 rings (SSSR count). The number of carbonyl (C=O) groups excluding carboxylic acids is 2. The number of benzene rings is 1. The largest absolute Gasteiger partial charge is 0.289 e. The molecule has 0 fully saturated rings. The molecule has 1 aromatic carbocycles. The number of nitrogens with two attached hydrogens (primary N) is 1. The molecule has 0 saturated heterocycles. The van der Waals surface area contributed by atoms with Crippen molar-refractivity contribution in [2.45, 2.75) is 11.8 Å². The van der Waals surface area contributed by atoms with Crippen molar-refractivity contribution in [3.05, 3.63) is 29.8 Å². The Labute approximate surface area is 109 Å². The number of carbonyl (C=O) groups is 2. The van der Waals surface area contributed by atoms with Crippen LogP contribution in [-0.2, 0) is 9.59 Å². The average Bonchev–Trinajstić information content (AvgIpc) is 2.39. The average molecular weight is 266 g/mol. The predicted molar refractivity (Wildman–Crippen MR) is 70.9 cm³/mol. The zero-order valence-corrected chi connectivity index (χ0v) is 10.9. The molecular formula is C11H14N4O2S. The maximum absolute atomic E-state index is 11.6. The summed E-state index contributed by atoms with van der Waals surface area (Å²) < 4.78 is 0. The van der Waals surface area contributed by atoms with E-state index in [2.05, 4.69) is 10.5 Å². The highest BCUT2D eigenvalue weighted by molar-refractivity contribution is 7.98. The minimum absolute atomic E-state index is 0.0559. The van der Waals surface area contributed by atoms with Crippen LogP contribution >= 0.6 is 11.8 Å². The van der Waals surface area contributed by atoms with E-state index in [-0.39, 0.29) is 11.6 Å². The number of hydrazine groups is 1. The first-order valence-electron chi connectivity index (χ1n) is 5.08. The van der Waals surface area contributed by atoms with Gasteiger partial charge in [-0.05, 0) is 18.4 Å². The van der Waals surface area contributed by atoms with Gasteiger partial charge >= 0.3 is 0 Å². The van der Waals surface area contributed by atoms with E-state index in [9.17, 15) is 9.59 Å². The molecule has 0 heterocycles. The third kappa shape index (κ3) is 3.86. The van der Waals surface area contributed by atoms with Crippen molar-refractivity contribution in [1.82, 2.24) is 10.9 Å². The fourth-order valence-corrected chi connectivity index (χ4v) is 1.61. The SMILES string of the molecule is CSc1ccc(C(=NNC(C)=O)C(=O)NN)cc1. The van der Waals surface area contributed by atoms with E-state index in [1.807, 2.05) is 23.8 Å². The Balaban J connectivity index is 3.05. The number of hydrogen-bond donors (Lipinski definition) is 3. The summed E-state index contributed by atoms with van der Waals surface area (Å²) in [4.78, 5) is 23.4. The topological polar surface area (TPSA) is 96.6 Å². The minimum Gasteiger partial charge on any atom is -0.289 e. The Morgan fingerprint density at radius 3 is 2.33 bits per heavy atom. The number of thioether (sulfide) groups is 1. The van der Waals surface area contributed by atoms with Crippen molar-refractivity contribution < 1.29 is 9.59 Å². The molecule has 0 aliphatic rings. The third-order valence-electron chi connectivity index (χ3n) is 2.03. The fourth-order valence-electron chi connectivity index (χ4n) is 1.20. The zero-order valence-electron chi connectivity index (χ0n) is 10.1. The summed E-state index contributed by atoms with van der Waals surface area (Å²) in [5.41, 5.74) is 4.83. The van der Waals surface area contributed by atoms with Crippen LogP contribution in [0.5, 0.6) is 0 Å². The first-order chi connectivity index (χ1) is 8.58. The van der Waals surface area contributed by atoms with Gasteiger partial charge in [0, 0.05) is 17.4 Å². The Morgan fingerprint density at radius 1 is 1.28 bits per heavy atom. The van der Waals surface area contributed by atoms with Crippen molar-refractivity contribution in [2.75, 3.05) is 6.26 Å². The lowest BCUT2D eigenvalue weighted by atomic mass is 10.1. The van der Waals surface area contributed by atoms with Gasteiger partial charge in [0.25, 0.3) is 5.91 Å². The molecule has 0 aliphatic carbocycles. The van der Waals surface area contributed by atoms with Crippen molar-refractivity contribution >= 4 is 29.3 Å². The van der Waals surface area contributed by atoms with Gasteiger partial charge in [0.2, 0.25) is 5.91 Å². The van der Waals surface area contributed by atoms with E-state index in [4.69, 9.17) is 5.84 Å². The minimum atomic E-state index is -0.569. The summed E-state index contributed by atoms with van der Waals surface area (Å²) in [5.74, 6) is 4.14. The number of hydrazone groups is 1. The number of nitrogens with zero attached hydrogens (tertiary/aromatic N) is 1. The van der Waals surface area contributed by atoms with Gasteiger partial charge in [-0.1, -0.05) is 12.1 Å². The Hall–Kier alpha value is -1.86. The maximum Gasteiger partial charge on any atom is 0.286 e. The van der Waals surface area contributed by atoms with Gasteiger partial charge in [-0.3, -0.25) is 15.0 Å². The standard InChI is InChI=1S/C11H14N4O2S/c1-7(16)14-15-10(11(17)13-12)8-3-5-9(18-2)6-4-8/h3-6H,12H2,1-2H3,(H,13,17)(H,14,16). The van der Waals surface area contributed by atoms with Gasteiger partial charge in [0.1, 0.15) is 0 Å². The summed E-state index contributed by atoms with van der Waals surface area (Å²) in [7, 11) is 0. The highest BCUT2D eigenvalue weighted by Gasteiger charge is 2.13. The lowest BCUT2D eigenvalue weighted by Crippen LogP contribution is -2.38. The Morgan fingerprint density at radius 2 is 1.89 bits per heavy atom. The van der Waals surface area contributed by atoms with Crippen molar-refractivity contribution in [2.24, 2.45) is 10.9 Å². The molecule has 0 bridgehead atoms. The molecule has 2 amide bonds. The monoisotopic (exact) mass is 266 g/mol. The molecule has 4 N–H and O–H groups in total. The molecule has 0 saturated carbocycles. The summed E-state index contributed by atoms with van der Waals surface area (Å²) in [5, 5.41) is 3.74. The molecule has 1 aromatic rings. The normalized spacial score (nSPS) is 10.9. The Bertz CT molecular complexity index is 470. The second-order valence-electron chi connectivity index (χ2n) is 3.33. The number of rotatable bonds is 4. The Kier molecular flexibility index (Phi) is 5.34. The van der Waals surface area contributed by atoms with Gasteiger partial charge in [0.15, 0.2) is 5.71 Å². The molecule has 0 atom stereocenters. The van der Waals surface area contributed by atoms with Crippen LogP contribution < -0.4 is 16.7 Å². The highest BCUT2D eigenvalue weighted by atomic mass is 32.2. The maximum atomic E-state index is 11.6. The van der Waals surface area contributed by atoms with Crippen LogP contribution in [0.4, 0.5) is 0 Å². The van der Waals surface area contributed by atoms with E-state index in [0.29, 0.717) is 5.56 Å². The summed E-state index contributed by atoms with van der Waals surface area (Å²) in [6, 6.07) is 7.18. The molecule has 7 heteroatoms. The first kappa shape index (κ1) is 14.2. The highest BCUT2D eigenvalue weighted by Crippen LogP contribution is 2.15. The summed E-state index contributed by atoms with van der Waals surface area (Å²) >= 11 is 1.59. The predicted octanol–water partition coefficient (Wildman–Crippen LogP) is 0.239. The third-order valence-corrected chi connectivity index (χ3v) is 2.78. The van der Waals surface area contributed by atoms with Crippen LogP contribution in [0.3, 0.4) is 0 Å². The van der Waals surface area contributed by atoms with E-state index in [0.717, 1.165) is 4.90 Å². The molecule has 0 aliphatic heterocycles. The summed E-state index contributed by atoms with van der Waals surface area (Å²) in [6.07, 6.45) is 1.95.